The second kappa shape index (κ2) is 15.3. The van der Waals surface area contributed by atoms with Gasteiger partial charge in [-0.05, 0) is 54.8 Å². The van der Waals surface area contributed by atoms with E-state index < -0.39 is 41.7 Å². The van der Waals surface area contributed by atoms with E-state index in [1.807, 2.05) is 6.92 Å². The average molecular weight is 755 g/mol. The van der Waals surface area contributed by atoms with Gasteiger partial charge >= 0.3 is 5.97 Å². The minimum atomic E-state index is -4.92. The smallest absolute Gasteiger partial charge is 0.341 e. The van der Waals surface area contributed by atoms with Crippen LogP contribution in [0, 0.1) is 6.92 Å². The monoisotopic (exact) mass is 754 g/mol. The number of hydrogen-bond donors (Lipinski definition) is 5. The van der Waals surface area contributed by atoms with E-state index in [1.54, 1.807) is 47.2 Å². The van der Waals surface area contributed by atoms with Crippen molar-refractivity contribution in [2.24, 2.45) is 20.5 Å². The van der Waals surface area contributed by atoms with Crippen LogP contribution in [0.3, 0.4) is 0 Å². The first kappa shape index (κ1) is 36.9. The SMILES string of the molecule is Cc1ccc(N=Nc2c(N)c(N=Nc3ccc4cc(SOOCC[n+]5cccc(C(=O)O)c5)ccc4c3S(=O)(=O)O)cc(S(=O)(=O)O)c2N)cc1. The quantitative estimate of drug-likeness (QED) is 0.0130. The molecule has 1 aromatic heterocycles. The molecule has 4 aromatic carbocycles. The van der Waals surface area contributed by atoms with Gasteiger partial charge < -0.3 is 16.6 Å². The number of aromatic carboxylic acids is 1. The van der Waals surface area contributed by atoms with E-state index in [-0.39, 0.29) is 40.3 Å². The van der Waals surface area contributed by atoms with Gasteiger partial charge in [0, 0.05) is 16.3 Å². The molecule has 0 saturated carbocycles. The predicted molar refractivity (Wildman–Crippen MR) is 185 cm³/mol. The zero-order valence-electron chi connectivity index (χ0n) is 26.3. The van der Waals surface area contributed by atoms with Gasteiger partial charge in [0.15, 0.2) is 18.9 Å². The number of anilines is 2. The highest BCUT2D eigenvalue weighted by Gasteiger charge is 2.24. The van der Waals surface area contributed by atoms with Gasteiger partial charge in [-0.2, -0.15) is 26.3 Å². The van der Waals surface area contributed by atoms with Crippen LogP contribution in [-0.4, -0.2) is 43.6 Å². The van der Waals surface area contributed by atoms with E-state index in [0.717, 1.165) is 23.7 Å². The number of benzene rings is 4. The summed E-state index contributed by atoms with van der Waals surface area (Å²) in [4.78, 5) is 15.4. The van der Waals surface area contributed by atoms with E-state index in [1.165, 1.54) is 36.5 Å². The molecule has 17 nitrogen and oxygen atoms in total. The molecule has 0 unspecified atom stereocenters. The summed E-state index contributed by atoms with van der Waals surface area (Å²) in [7, 11) is -9.83. The van der Waals surface area contributed by atoms with Crippen molar-refractivity contribution in [1.29, 1.82) is 0 Å². The van der Waals surface area contributed by atoms with Gasteiger partial charge in [0.25, 0.3) is 20.2 Å². The van der Waals surface area contributed by atoms with Crippen LogP contribution in [0.4, 0.5) is 34.1 Å². The number of nitrogens with zero attached hydrogens (tertiary/aromatic N) is 5. The number of carbonyl (C=O) groups is 1. The van der Waals surface area contributed by atoms with Crippen LogP contribution in [0.5, 0.6) is 0 Å². The van der Waals surface area contributed by atoms with E-state index in [9.17, 15) is 30.7 Å². The highest BCUT2D eigenvalue weighted by atomic mass is 32.2. The van der Waals surface area contributed by atoms with E-state index >= 15 is 0 Å². The molecule has 5 rings (SSSR count). The van der Waals surface area contributed by atoms with Crippen LogP contribution in [0.15, 0.2) is 120 Å². The third-order valence-corrected chi connectivity index (χ3v) is 9.51. The summed E-state index contributed by atoms with van der Waals surface area (Å²) in [6.07, 6.45) is 3.12. The number of fused-ring (bicyclic) bond motifs is 1. The molecule has 0 aliphatic heterocycles. The second-order valence-corrected chi connectivity index (χ2v) is 14.2. The number of aromatic nitrogens is 1. The highest BCUT2D eigenvalue weighted by Crippen LogP contribution is 2.44. The lowest BCUT2D eigenvalue weighted by atomic mass is 10.1. The molecular weight excluding hydrogens is 727 g/mol. The Labute approximate surface area is 294 Å². The van der Waals surface area contributed by atoms with Gasteiger partial charge in [-0.1, -0.05) is 29.8 Å². The Balaban J connectivity index is 1.40. The first-order chi connectivity index (χ1) is 24.1. The summed E-state index contributed by atoms with van der Waals surface area (Å²) in [6, 6.07) is 17.9. The Bertz CT molecular complexity index is 2420. The Morgan fingerprint density at radius 1 is 0.863 bits per heavy atom. The number of carboxylic acid groups (broad SMARTS) is 1. The maximum atomic E-state index is 12.6. The van der Waals surface area contributed by atoms with Crippen molar-refractivity contribution in [3.05, 3.63) is 96.3 Å². The molecule has 0 aliphatic rings. The zero-order valence-corrected chi connectivity index (χ0v) is 28.8. The third-order valence-electron chi connectivity index (χ3n) is 7.06. The molecule has 0 saturated heterocycles. The van der Waals surface area contributed by atoms with Crippen LogP contribution in [0.2, 0.25) is 0 Å². The summed E-state index contributed by atoms with van der Waals surface area (Å²) >= 11 is 0.824. The topological polar surface area (TPSA) is 270 Å². The fraction of sp³-hybridized carbons (Fsp3) is 0.0968. The molecule has 1 heterocycles. The van der Waals surface area contributed by atoms with Crippen molar-refractivity contribution < 1.29 is 49.6 Å². The Kier molecular flexibility index (Phi) is 11.1. The van der Waals surface area contributed by atoms with Crippen LogP contribution in [0.1, 0.15) is 15.9 Å². The summed E-state index contributed by atoms with van der Waals surface area (Å²) in [5, 5.41) is 25.4. The third kappa shape index (κ3) is 9.07. The normalized spacial score (nSPS) is 12.3. The minimum Gasteiger partial charge on any atom is -0.477 e. The molecule has 0 bridgehead atoms. The fourth-order valence-corrected chi connectivity index (χ4v) is 6.56. The predicted octanol–water partition coefficient (Wildman–Crippen LogP) is 6.28. The molecule has 0 aliphatic carbocycles. The lowest BCUT2D eigenvalue weighted by Crippen LogP contribution is -2.36. The lowest BCUT2D eigenvalue weighted by molar-refractivity contribution is -0.700. The number of nitrogen functional groups attached to an aromatic ring is 2. The summed E-state index contributed by atoms with van der Waals surface area (Å²) in [5.41, 5.74) is 11.8. The zero-order chi connectivity index (χ0) is 36.9. The van der Waals surface area contributed by atoms with Gasteiger partial charge in [-0.25, -0.2) is 14.2 Å². The van der Waals surface area contributed by atoms with Crippen molar-refractivity contribution in [3.8, 4) is 0 Å². The van der Waals surface area contributed by atoms with E-state index in [2.05, 4.69) is 20.5 Å². The molecule has 5 aromatic rings. The highest BCUT2D eigenvalue weighted by molar-refractivity contribution is 7.94. The molecule has 51 heavy (non-hydrogen) atoms. The summed E-state index contributed by atoms with van der Waals surface area (Å²) in [5.74, 6) is -1.06. The van der Waals surface area contributed by atoms with Gasteiger partial charge in [0.1, 0.15) is 39.0 Å². The van der Waals surface area contributed by atoms with Crippen molar-refractivity contribution >= 4 is 83.1 Å². The number of nitrogens with two attached hydrogens (primary N) is 2. The Morgan fingerprint density at radius 3 is 2.27 bits per heavy atom. The molecule has 0 amide bonds. The molecule has 0 atom stereocenters. The van der Waals surface area contributed by atoms with Crippen molar-refractivity contribution in [2.45, 2.75) is 28.2 Å². The first-order valence-corrected chi connectivity index (χ1v) is 18.1. The molecular formula is C31H28N7O10S3+. The molecule has 264 valence electrons. The van der Waals surface area contributed by atoms with Crippen LogP contribution < -0.4 is 16.0 Å². The largest absolute Gasteiger partial charge is 0.477 e. The van der Waals surface area contributed by atoms with Gasteiger partial charge in [0.2, 0.25) is 0 Å². The van der Waals surface area contributed by atoms with Crippen LogP contribution in [-0.2, 0) is 36.0 Å². The molecule has 7 N–H and O–H groups in total. The molecule has 0 fully saturated rings. The standard InChI is InChI=1S/C31H27N7O10S3/c1-18-4-7-21(8-5-18)34-37-29-27(32)25(16-26(28(29)33)50(41,42)43)36-35-24-11-6-19-15-22(9-10-23(19)30(24)51(44,45)46)49-48-47-14-13-38-12-2-3-20(17-38)31(39)40/h2-12,15-17H,13-14H2,1H3,(H6-,32,33,34,35,39,40,41,42,43,44,45,46)/p+1. The Hall–Kier alpha value is -5.35. The maximum Gasteiger partial charge on any atom is 0.341 e. The van der Waals surface area contributed by atoms with Crippen LogP contribution in [0.25, 0.3) is 10.8 Å². The van der Waals surface area contributed by atoms with Crippen LogP contribution >= 0.6 is 12.0 Å². The van der Waals surface area contributed by atoms with Crippen molar-refractivity contribution in [1.82, 2.24) is 0 Å². The molecule has 20 heteroatoms. The van der Waals surface area contributed by atoms with Gasteiger partial charge in [-0.3, -0.25) is 9.11 Å². The number of aryl methyl sites for hydroxylation is 1. The average Bonchev–Trinajstić information content (AvgIpc) is 3.07. The lowest BCUT2D eigenvalue weighted by Gasteiger charge is -2.11. The van der Waals surface area contributed by atoms with Crippen molar-refractivity contribution in [3.63, 3.8) is 0 Å². The Morgan fingerprint density at radius 2 is 1.59 bits per heavy atom. The fourth-order valence-electron chi connectivity index (χ4n) is 4.59. The molecule has 0 radical (unpaired) electrons. The summed E-state index contributed by atoms with van der Waals surface area (Å²) in [6.45, 7) is 2.25. The number of carboxylic acids is 1. The number of hydrogen-bond acceptors (Lipinski definition) is 14. The summed E-state index contributed by atoms with van der Waals surface area (Å²) < 4.78 is 76.2. The number of azo groups is 2. The van der Waals surface area contributed by atoms with Gasteiger partial charge in [0.05, 0.1) is 29.1 Å². The number of pyridine rings is 1. The van der Waals surface area contributed by atoms with Gasteiger partial charge in [-0.15, -0.1) is 15.3 Å². The second-order valence-electron chi connectivity index (χ2n) is 10.7. The first-order valence-electron chi connectivity index (χ1n) is 14.4. The van der Waals surface area contributed by atoms with E-state index in [4.69, 9.17) is 25.8 Å². The number of rotatable bonds is 13. The molecule has 0 spiro atoms. The maximum absolute atomic E-state index is 12.6. The van der Waals surface area contributed by atoms with Crippen molar-refractivity contribution in [2.75, 3.05) is 18.1 Å². The van der Waals surface area contributed by atoms with E-state index in [0.29, 0.717) is 22.5 Å². The minimum absolute atomic E-state index is 0.0606.